The first-order valence-electron chi connectivity index (χ1n) is 10.2. The smallest absolute Gasteiger partial charge is 0.258 e. The lowest BCUT2D eigenvalue weighted by atomic mass is 10.1. The SMILES string of the molecule is Cc1ccc(Oc2nc(-c3ccccc3)ncc2C(=O)NCc2ccc(F)cc2)c(C)c1. The largest absolute Gasteiger partial charge is 0.438 e. The Balaban J connectivity index is 1.65. The number of carbonyl (C=O) groups is 1. The van der Waals surface area contributed by atoms with Crippen LogP contribution in [-0.2, 0) is 6.54 Å². The van der Waals surface area contributed by atoms with Crippen LogP contribution >= 0.6 is 0 Å². The van der Waals surface area contributed by atoms with Crippen molar-refractivity contribution in [2.24, 2.45) is 0 Å². The molecule has 1 heterocycles. The predicted molar refractivity (Wildman–Crippen MR) is 121 cm³/mol. The lowest BCUT2D eigenvalue weighted by Crippen LogP contribution is -2.24. The molecular formula is C26H22FN3O2. The van der Waals surface area contributed by atoms with Gasteiger partial charge in [0, 0.05) is 18.3 Å². The topological polar surface area (TPSA) is 64.1 Å². The molecule has 0 aliphatic rings. The minimum Gasteiger partial charge on any atom is -0.438 e. The summed E-state index contributed by atoms with van der Waals surface area (Å²) in [5.74, 6) is 0.534. The molecule has 160 valence electrons. The van der Waals surface area contributed by atoms with Crippen LogP contribution in [0.25, 0.3) is 11.4 Å². The molecule has 0 atom stereocenters. The summed E-state index contributed by atoms with van der Waals surface area (Å²) in [4.78, 5) is 21.9. The van der Waals surface area contributed by atoms with Crippen molar-refractivity contribution in [2.45, 2.75) is 20.4 Å². The number of nitrogens with one attached hydrogen (secondary N) is 1. The molecule has 1 N–H and O–H groups in total. The highest BCUT2D eigenvalue weighted by Crippen LogP contribution is 2.28. The normalized spacial score (nSPS) is 10.6. The van der Waals surface area contributed by atoms with E-state index in [1.165, 1.54) is 18.3 Å². The second kappa shape index (κ2) is 9.39. The molecule has 0 radical (unpaired) electrons. The van der Waals surface area contributed by atoms with E-state index in [9.17, 15) is 9.18 Å². The van der Waals surface area contributed by atoms with Gasteiger partial charge in [-0.25, -0.2) is 9.37 Å². The maximum atomic E-state index is 13.1. The molecule has 6 heteroatoms. The Morgan fingerprint density at radius 1 is 1.00 bits per heavy atom. The van der Waals surface area contributed by atoms with Crippen LogP contribution in [0.5, 0.6) is 11.6 Å². The first-order valence-corrected chi connectivity index (χ1v) is 10.2. The zero-order valence-electron chi connectivity index (χ0n) is 17.8. The molecule has 0 aliphatic heterocycles. The van der Waals surface area contributed by atoms with Crippen LogP contribution in [0.1, 0.15) is 27.0 Å². The van der Waals surface area contributed by atoms with E-state index in [4.69, 9.17) is 4.74 Å². The number of rotatable bonds is 6. The van der Waals surface area contributed by atoms with Crippen molar-refractivity contribution in [1.29, 1.82) is 0 Å². The molecule has 0 unspecified atom stereocenters. The van der Waals surface area contributed by atoms with Gasteiger partial charge in [-0.1, -0.05) is 60.2 Å². The number of hydrogen-bond donors (Lipinski definition) is 1. The van der Waals surface area contributed by atoms with Crippen LogP contribution in [0.4, 0.5) is 4.39 Å². The number of ether oxygens (including phenoxy) is 1. The maximum absolute atomic E-state index is 13.1. The third-order valence-corrected chi connectivity index (χ3v) is 4.93. The Morgan fingerprint density at radius 2 is 1.75 bits per heavy atom. The van der Waals surface area contributed by atoms with E-state index in [-0.39, 0.29) is 29.7 Å². The van der Waals surface area contributed by atoms with Crippen molar-refractivity contribution in [1.82, 2.24) is 15.3 Å². The van der Waals surface area contributed by atoms with Gasteiger partial charge in [0.25, 0.3) is 5.91 Å². The zero-order chi connectivity index (χ0) is 22.5. The highest BCUT2D eigenvalue weighted by molar-refractivity contribution is 5.96. The maximum Gasteiger partial charge on any atom is 0.258 e. The van der Waals surface area contributed by atoms with Crippen LogP contribution < -0.4 is 10.1 Å². The third-order valence-electron chi connectivity index (χ3n) is 4.93. The van der Waals surface area contributed by atoms with E-state index in [0.717, 1.165) is 22.3 Å². The summed E-state index contributed by atoms with van der Waals surface area (Å²) in [5.41, 5.74) is 3.85. The second-order valence-electron chi connectivity index (χ2n) is 7.46. The average Bonchev–Trinajstić information content (AvgIpc) is 2.81. The molecule has 1 aromatic heterocycles. The first-order chi connectivity index (χ1) is 15.5. The minimum absolute atomic E-state index is 0.169. The Labute approximate surface area is 185 Å². The molecule has 32 heavy (non-hydrogen) atoms. The lowest BCUT2D eigenvalue weighted by Gasteiger charge is -2.13. The first kappa shape index (κ1) is 21.2. The van der Waals surface area contributed by atoms with E-state index >= 15 is 0 Å². The fourth-order valence-corrected chi connectivity index (χ4v) is 3.22. The van der Waals surface area contributed by atoms with Gasteiger partial charge < -0.3 is 10.1 Å². The number of amides is 1. The van der Waals surface area contributed by atoms with Gasteiger partial charge in [0.15, 0.2) is 5.82 Å². The molecule has 4 rings (SSSR count). The van der Waals surface area contributed by atoms with Crippen molar-refractivity contribution >= 4 is 5.91 Å². The number of hydrogen-bond acceptors (Lipinski definition) is 4. The quantitative estimate of drug-likeness (QED) is 0.434. The summed E-state index contributed by atoms with van der Waals surface area (Å²) in [6.07, 6.45) is 1.47. The molecule has 0 saturated heterocycles. The van der Waals surface area contributed by atoms with Crippen LogP contribution in [0.2, 0.25) is 0 Å². The van der Waals surface area contributed by atoms with E-state index in [0.29, 0.717) is 11.6 Å². The molecule has 1 amide bonds. The Morgan fingerprint density at radius 3 is 2.47 bits per heavy atom. The summed E-state index contributed by atoms with van der Waals surface area (Å²) in [6, 6.07) is 21.2. The minimum atomic E-state index is -0.381. The number of benzene rings is 3. The van der Waals surface area contributed by atoms with E-state index in [1.807, 2.05) is 62.4 Å². The monoisotopic (exact) mass is 427 g/mol. The lowest BCUT2D eigenvalue weighted by molar-refractivity contribution is 0.0947. The van der Waals surface area contributed by atoms with Gasteiger partial charge in [0.05, 0.1) is 0 Å². The standard InChI is InChI=1S/C26H22FN3O2/c1-17-8-13-23(18(2)14-17)32-26-22(16-28-24(30-26)20-6-4-3-5-7-20)25(31)29-15-19-9-11-21(27)12-10-19/h3-14,16H,15H2,1-2H3,(H,29,31). The second-order valence-corrected chi connectivity index (χ2v) is 7.46. The van der Waals surface area contributed by atoms with Crippen LogP contribution in [0.15, 0.2) is 79.0 Å². The van der Waals surface area contributed by atoms with Gasteiger partial charge in [0.2, 0.25) is 5.88 Å². The van der Waals surface area contributed by atoms with Crippen molar-refractivity contribution < 1.29 is 13.9 Å². The van der Waals surface area contributed by atoms with Crippen molar-refractivity contribution in [3.63, 3.8) is 0 Å². The Bertz CT molecular complexity index is 1240. The Hall–Kier alpha value is -4.06. The van der Waals surface area contributed by atoms with Crippen molar-refractivity contribution in [3.05, 3.63) is 107 Å². The van der Waals surface area contributed by atoms with Gasteiger partial charge in [0.1, 0.15) is 17.1 Å². The number of aromatic nitrogens is 2. The van der Waals surface area contributed by atoms with Gasteiger partial charge in [-0.3, -0.25) is 4.79 Å². The number of halogens is 1. The fourth-order valence-electron chi connectivity index (χ4n) is 3.22. The molecule has 5 nitrogen and oxygen atoms in total. The van der Waals surface area contributed by atoms with Crippen molar-refractivity contribution in [3.8, 4) is 23.0 Å². The summed E-state index contributed by atoms with van der Waals surface area (Å²) in [7, 11) is 0. The molecular weight excluding hydrogens is 405 g/mol. The van der Waals surface area contributed by atoms with E-state index in [2.05, 4.69) is 15.3 Å². The molecule has 3 aromatic carbocycles. The Kier molecular flexibility index (Phi) is 6.22. The highest BCUT2D eigenvalue weighted by atomic mass is 19.1. The highest BCUT2D eigenvalue weighted by Gasteiger charge is 2.18. The molecule has 0 fully saturated rings. The summed E-state index contributed by atoms with van der Waals surface area (Å²) < 4.78 is 19.2. The zero-order valence-corrected chi connectivity index (χ0v) is 17.8. The van der Waals surface area contributed by atoms with E-state index in [1.54, 1.807) is 12.1 Å². The molecule has 0 aliphatic carbocycles. The molecule has 0 saturated carbocycles. The van der Waals surface area contributed by atoms with E-state index < -0.39 is 0 Å². The molecule has 4 aromatic rings. The number of carbonyl (C=O) groups excluding carboxylic acids is 1. The average molecular weight is 427 g/mol. The molecule has 0 spiro atoms. The summed E-state index contributed by atoms with van der Waals surface area (Å²) >= 11 is 0. The molecule has 0 bridgehead atoms. The number of aryl methyl sites for hydroxylation is 2. The third kappa shape index (κ3) is 4.98. The van der Waals surface area contributed by atoms with Crippen molar-refractivity contribution in [2.75, 3.05) is 0 Å². The van der Waals surface area contributed by atoms with Gasteiger partial charge in [-0.05, 0) is 43.2 Å². The van der Waals surface area contributed by atoms with Gasteiger partial charge >= 0.3 is 0 Å². The summed E-state index contributed by atoms with van der Waals surface area (Å²) in [6.45, 7) is 4.18. The van der Waals surface area contributed by atoms with Crippen LogP contribution in [0, 0.1) is 19.7 Å². The predicted octanol–water partition coefficient (Wildman–Crippen LogP) is 5.62. The number of nitrogens with zero attached hydrogens (tertiary/aromatic N) is 2. The van der Waals surface area contributed by atoms with Gasteiger partial charge in [-0.15, -0.1) is 0 Å². The van der Waals surface area contributed by atoms with Crippen LogP contribution in [0.3, 0.4) is 0 Å². The van der Waals surface area contributed by atoms with Crippen LogP contribution in [-0.4, -0.2) is 15.9 Å². The van der Waals surface area contributed by atoms with Gasteiger partial charge in [-0.2, -0.15) is 4.98 Å². The summed E-state index contributed by atoms with van der Waals surface area (Å²) in [5, 5.41) is 2.82. The fraction of sp³-hybridized carbons (Fsp3) is 0.115.